The van der Waals surface area contributed by atoms with Crippen molar-refractivity contribution in [2.45, 2.75) is 32.2 Å². The predicted molar refractivity (Wildman–Crippen MR) is 77.2 cm³/mol. The molecule has 18 heavy (non-hydrogen) atoms. The van der Waals surface area contributed by atoms with Gasteiger partial charge >= 0.3 is 0 Å². The van der Waals surface area contributed by atoms with E-state index in [2.05, 4.69) is 12.2 Å². The maximum absolute atomic E-state index is 12.1. The summed E-state index contributed by atoms with van der Waals surface area (Å²) in [5.41, 5.74) is 1.01. The van der Waals surface area contributed by atoms with Gasteiger partial charge in [-0.05, 0) is 31.4 Å². The summed E-state index contributed by atoms with van der Waals surface area (Å²) >= 11 is 0. The maximum atomic E-state index is 12.1. The number of anilines is 1. The van der Waals surface area contributed by atoms with Crippen molar-refractivity contribution in [3.8, 4) is 0 Å². The van der Waals surface area contributed by atoms with Gasteiger partial charge in [0.1, 0.15) is 0 Å². The number of nitrogens with one attached hydrogen (secondary N) is 1. The van der Waals surface area contributed by atoms with E-state index in [9.17, 15) is 4.79 Å². The molecule has 2 rings (SSSR count). The van der Waals surface area contributed by atoms with Crippen LogP contribution in [0.3, 0.4) is 0 Å². The van der Waals surface area contributed by atoms with Crippen LogP contribution in [0.2, 0.25) is 0 Å². The van der Waals surface area contributed by atoms with Gasteiger partial charge in [-0.1, -0.05) is 25.1 Å². The monoisotopic (exact) mass is 268 g/mol. The van der Waals surface area contributed by atoms with Gasteiger partial charge in [-0.25, -0.2) is 0 Å². The molecule has 3 nitrogen and oxygen atoms in total. The minimum Gasteiger partial charge on any atom is -0.376 e. The molecule has 1 N–H and O–H groups in total. The molecule has 0 aliphatic heterocycles. The number of para-hydroxylation sites is 1. The van der Waals surface area contributed by atoms with Gasteiger partial charge in [0.2, 0.25) is 5.91 Å². The summed E-state index contributed by atoms with van der Waals surface area (Å²) in [7, 11) is 0. The minimum atomic E-state index is 0. The van der Waals surface area contributed by atoms with E-state index in [1.54, 1.807) is 0 Å². The first kappa shape index (κ1) is 14.8. The van der Waals surface area contributed by atoms with Crippen molar-refractivity contribution in [2.75, 3.05) is 18.4 Å². The SMILES string of the molecule is CCCN(C(=O)CNc1ccccc1)C1CC1.Cl. The fraction of sp³-hybridized carbons (Fsp3) is 0.500. The number of halogens is 1. The molecule has 1 aromatic rings. The lowest BCUT2D eigenvalue weighted by Crippen LogP contribution is -2.37. The highest BCUT2D eigenvalue weighted by Gasteiger charge is 2.31. The Bertz CT molecular complexity index is 365. The number of hydrogen-bond donors (Lipinski definition) is 1. The molecule has 1 aromatic carbocycles. The van der Waals surface area contributed by atoms with Crippen molar-refractivity contribution in [2.24, 2.45) is 0 Å². The molecule has 0 saturated heterocycles. The molecule has 0 bridgehead atoms. The van der Waals surface area contributed by atoms with Crippen LogP contribution in [0.25, 0.3) is 0 Å². The highest BCUT2D eigenvalue weighted by atomic mass is 35.5. The minimum absolute atomic E-state index is 0. The van der Waals surface area contributed by atoms with Gasteiger partial charge < -0.3 is 10.2 Å². The second-order valence-electron chi connectivity index (χ2n) is 4.54. The second kappa shape index (κ2) is 7.27. The van der Waals surface area contributed by atoms with Crippen molar-refractivity contribution in [3.05, 3.63) is 30.3 Å². The fourth-order valence-electron chi connectivity index (χ4n) is 1.97. The molecule has 1 aliphatic carbocycles. The molecule has 1 fully saturated rings. The van der Waals surface area contributed by atoms with Gasteiger partial charge in [-0.3, -0.25) is 4.79 Å². The lowest BCUT2D eigenvalue weighted by molar-refractivity contribution is -0.129. The summed E-state index contributed by atoms with van der Waals surface area (Å²) in [6.45, 7) is 3.41. The maximum Gasteiger partial charge on any atom is 0.242 e. The van der Waals surface area contributed by atoms with Crippen molar-refractivity contribution in [1.82, 2.24) is 4.90 Å². The Morgan fingerprint density at radius 2 is 2.00 bits per heavy atom. The first-order valence-electron chi connectivity index (χ1n) is 6.39. The first-order chi connectivity index (χ1) is 8.31. The number of nitrogens with zero attached hydrogens (tertiary/aromatic N) is 1. The Morgan fingerprint density at radius 1 is 1.33 bits per heavy atom. The molecule has 0 radical (unpaired) electrons. The van der Waals surface area contributed by atoms with Crippen molar-refractivity contribution >= 4 is 24.0 Å². The summed E-state index contributed by atoms with van der Waals surface area (Å²) in [6, 6.07) is 10.4. The van der Waals surface area contributed by atoms with Gasteiger partial charge in [-0.15, -0.1) is 12.4 Å². The van der Waals surface area contributed by atoms with E-state index in [1.807, 2.05) is 35.2 Å². The molecular formula is C14H21ClN2O. The fourth-order valence-corrected chi connectivity index (χ4v) is 1.97. The number of benzene rings is 1. The lowest BCUT2D eigenvalue weighted by Gasteiger charge is -2.22. The number of carbonyl (C=O) groups is 1. The molecule has 1 amide bonds. The van der Waals surface area contributed by atoms with Crippen molar-refractivity contribution in [1.29, 1.82) is 0 Å². The molecule has 0 atom stereocenters. The van der Waals surface area contributed by atoms with Crippen LogP contribution in [-0.4, -0.2) is 29.9 Å². The zero-order valence-electron chi connectivity index (χ0n) is 10.8. The number of hydrogen-bond acceptors (Lipinski definition) is 2. The third-order valence-electron chi connectivity index (χ3n) is 2.99. The predicted octanol–water partition coefficient (Wildman–Crippen LogP) is 2.92. The van der Waals surface area contributed by atoms with Gasteiger partial charge in [-0.2, -0.15) is 0 Å². The summed E-state index contributed by atoms with van der Waals surface area (Å²) in [6.07, 6.45) is 3.39. The van der Waals surface area contributed by atoms with Gasteiger partial charge in [0.15, 0.2) is 0 Å². The van der Waals surface area contributed by atoms with Crippen molar-refractivity contribution in [3.63, 3.8) is 0 Å². The average Bonchev–Trinajstić information content (AvgIpc) is 3.18. The Labute approximate surface area is 115 Å². The second-order valence-corrected chi connectivity index (χ2v) is 4.54. The zero-order valence-corrected chi connectivity index (χ0v) is 11.6. The van der Waals surface area contributed by atoms with Crippen LogP contribution in [0.15, 0.2) is 30.3 Å². The Kier molecular flexibility index (Phi) is 5.99. The van der Waals surface area contributed by atoms with Crippen LogP contribution in [0.1, 0.15) is 26.2 Å². The highest BCUT2D eigenvalue weighted by molar-refractivity contribution is 5.85. The van der Waals surface area contributed by atoms with E-state index >= 15 is 0 Å². The van der Waals surface area contributed by atoms with Crippen LogP contribution in [0.5, 0.6) is 0 Å². The van der Waals surface area contributed by atoms with Gasteiger partial charge in [0, 0.05) is 18.3 Å². The van der Waals surface area contributed by atoms with Crippen molar-refractivity contribution < 1.29 is 4.79 Å². The normalized spacial score (nSPS) is 13.6. The molecular weight excluding hydrogens is 248 g/mol. The van der Waals surface area contributed by atoms with Crippen LogP contribution in [0.4, 0.5) is 5.69 Å². The number of carbonyl (C=O) groups excluding carboxylic acids is 1. The van der Waals surface area contributed by atoms with Crippen LogP contribution in [0, 0.1) is 0 Å². The molecule has 4 heteroatoms. The van der Waals surface area contributed by atoms with Gasteiger partial charge in [0.25, 0.3) is 0 Å². The van der Waals surface area contributed by atoms with Crippen LogP contribution >= 0.6 is 12.4 Å². The summed E-state index contributed by atoms with van der Waals surface area (Å²) < 4.78 is 0. The largest absolute Gasteiger partial charge is 0.376 e. The summed E-state index contributed by atoms with van der Waals surface area (Å²) in [5, 5.41) is 3.17. The number of amides is 1. The van der Waals surface area contributed by atoms with E-state index in [0.29, 0.717) is 12.6 Å². The van der Waals surface area contributed by atoms with E-state index in [1.165, 1.54) is 12.8 Å². The Balaban J connectivity index is 0.00000162. The third kappa shape index (κ3) is 4.22. The molecule has 0 spiro atoms. The van der Waals surface area contributed by atoms with E-state index in [-0.39, 0.29) is 18.3 Å². The Hall–Kier alpha value is -1.22. The summed E-state index contributed by atoms with van der Waals surface area (Å²) in [4.78, 5) is 14.1. The highest BCUT2D eigenvalue weighted by Crippen LogP contribution is 2.26. The van der Waals surface area contributed by atoms with Gasteiger partial charge in [0.05, 0.1) is 6.54 Å². The van der Waals surface area contributed by atoms with Crippen LogP contribution < -0.4 is 5.32 Å². The Morgan fingerprint density at radius 3 is 2.56 bits per heavy atom. The molecule has 0 aromatic heterocycles. The standard InChI is InChI=1S/C14H20N2O.ClH/c1-2-10-16(13-8-9-13)14(17)11-15-12-6-4-3-5-7-12;/h3-7,13,15H,2,8-11H2,1H3;1H. The average molecular weight is 269 g/mol. The topological polar surface area (TPSA) is 32.3 Å². The quantitative estimate of drug-likeness (QED) is 0.860. The molecule has 0 heterocycles. The van der Waals surface area contributed by atoms with E-state index in [0.717, 1.165) is 18.7 Å². The lowest BCUT2D eigenvalue weighted by atomic mass is 10.3. The summed E-state index contributed by atoms with van der Waals surface area (Å²) in [5.74, 6) is 0.221. The van der Waals surface area contributed by atoms with Crippen LogP contribution in [-0.2, 0) is 4.79 Å². The van der Waals surface area contributed by atoms with E-state index in [4.69, 9.17) is 0 Å². The molecule has 1 aliphatic rings. The zero-order chi connectivity index (χ0) is 12.1. The molecule has 0 unspecified atom stereocenters. The third-order valence-corrected chi connectivity index (χ3v) is 2.99. The smallest absolute Gasteiger partial charge is 0.242 e. The first-order valence-corrected chi connectivity index (χ1v) is 6.39. The van der Waals surface area contributed by atoms with E-state index < -0.39 is 0 Å². The molecule has 100 valence electrons. The molecule has 1 saturated carbocycles. The number of rotatable bonds is 6.